The Hall–Kier alpha value is -1.81. The number of para-hydroxylation sites is 1. The molecule has 0 aliphatic rings. The van der Waals surface area contributed by atoms with Crippen LogP contribution < -0.4 is 14.8 Å². The van der Waals surface area contributed by atoms with E-state index in [9.17, 15) is 0 Å². The Kier molecular flexibility index (Phi) is 5.81. The summed E-state index contributed by atoms with van der Waals surface area (Å²) in [6.45, 7) is 3.30. The maximum absolute atomic E-state index is 5.60. The Bertz CT molecular complexity index is 570. The van der Waals surface area contributed by atoms with E-state index in [-0.39, 0.29) is 0 Å². The molecule has 0 aliphatic carbocycles. The van der Waals surface area contributed by atoms with Gasteiger partial charge in [0.1, 0.15) is 0 Å². The summed E-state index contributed by atoms with van der Waals surface area (Å²) >= 11 is 1.74. The lowest BCUT2D eigenvalue weighted by molar-refractivity contribution is 0.309. The van der Waals surface area contributed by atoms with E-state index in [0.29, 0.717) is 13.2 Å². The van der Waals surface area contributed by atoms with Crippen molar-refractivity contribution in [3.05, 3.63) is 48.0 Å². The van der Waals surface area contributed by atoms with E-state index < -0.39 is 0 Å². The first-order valence-electron chi connectivity index (χ1n) is 6.95. The number of hydrogen-bond donors (Lipinski definition) is 1. The molecule has 0 fully saturated rings. The molecule has 0 unspecified atom stereocenters. The van der Waals surface area contributed by atoms with Gasteiger partial charge in [0, 0.05) is 22.7 Å². The van der Waals surface area contributed by atoms with Gasteiger partial charge in [0.05, 0.1) is 13.7 Å². The van der Waals surface area contributed by atoms with Crippen LogP contribution >= 0.6 is 11.8 Å². The number of anilines is 1. The quantitative estimate of drug-likeness (QED) is 0.767. The molecule has 3 nitrogen and oxygen atoms in total. The summed E-state index contributed by atoms with van der Waals surface area (Å²) in [5, 5.41) is 3.41. The first-order valence-corrected chi connectivity index (χ1v) is 8.17. The van der Waals surface area contributed by atoms with Crippen molar-refractivity contribution in [3.63, 3.8) is 0 Å². The average Bonchev–Trinajstić information content (AvgIpc) is 2.54. The Morgan fingerprint density at radius 1 is 1.10 bits per heavy atom. The van der Waals surface area contributed by atoms with Gasteiger partial charge in [-0.2, -0.15) is 0 Å². The van der Waals surface area contributed by atoms with Gasteiger partial charge < -0.3 is 14.8 Å². The monoisotopic (exact) mass is 303 g/mol. The lowest BCUT2D eigenvalue weighted by Crippen LogP contribution is -2.03. The number of nitrogens with one attached hydrogen (secondary N) is 1. The first-order chi connectivity index (χ1) is 10.3. The van der Waals surface area contributed by atoms with E-state index >= 15 is 0 Å². The molecular formula is C17H21NO2S. The van der Waals surface area contributed by atoms with Crippen molar-refractivity contribution >= 4 is 17.4 Å². The van der Waals surface area contributed by atoms with E-state index in [1.165, 1.54) is 4.90 Å². The van der Waals surface area contributed by atoms with Crippen LogP contribution in [0, 0.1) is 0 Å². The lowest BCUT2D eigenvalue weighted by Gasteiger charge is -2.14. The van der Waals surface area contributed by atoms with Gasteiger partial charge in [-0.25, -0.2) is 0 Å². The molecule has 2 aromatic rings. The molecule has 112 valence electrons. The number of ether oxygens (including phenoxy) is 2. The third-order valence-corrected chi connectivity index (χ3v) is 3.88. The minimum Gasteiger partial charge on any atom is -0.493 e. The average molecular weight is 303 g/mol. The minimum atomic E-state index is 0.628. The summed E-state index contributed by atoms with van der Waals surface area (Å²) < 4.78 is 11.1. The Balaban J connectivity index is 2.09. The highest BCUT2D eigenvalue weighted by atomic mass is 32.2. The van der Waals surface area contributed by atoms with Gasteiger partial charge >= 0.3 is 0 Å². The van der Waals surface area contributed by atoms with Crippen molar-refractivity contribution in [1.82, 2.24) is 0 Å². The number of methoxy groups -OCH3 is 1. The fourth-order valence-electron chi connectivity index (χ4n) is 2.11. The predicted octanol–water partition coefficient (Wildman–Crippen LogP) is 4.43. The topological polar surface area (TPSA) is 30.5 Å². The van der Waals surface area contributed by atoms with E-state index in [0.717, 1.165) is 22.7 Å². The molecule has 0 amide bonds. The second-order valence-corrected chi connectivity index (χ2v) is 5.34. The summed E-state index contributed by atoms with van der Waals surface area (Å²) in [5.74, 6) is 1.59. The van der Waals surface area contributed by atoms with Crippen molar-refractivity contribution in [3.8, 4) is 11.5 Å². The fraction of sp³-hybridized carbons (Fsp3) is 0.294. The molecule has 0 aromatic heterocycles. The number of rotatable bonds is 7. The van der Waals surface area contributed by atoms with Crippen molar-refractivity contribution < 1.29 is 9.47 Å². The maximum Gasteiger partial charge on any atom is 0.165 e. The van der Waals surface area contributed by atoms with Gasteiger partial charge in [0.2, 0.25) is 0 Å². The smallest absolute Gasteiger partial charge is 0.165 e. The van der Waals surface area contributed by atoms with Crippen molar-refractivity contribution in [2.75, 3.05) is 25.3 Å². The largest absolute Gasteiger partial charge is 0.493 e. The van der Waals surface area contributed by atoms with Crippen LogP contribution in [-0.4, -0.2) is 20.0 Å². The third kappa shape index (κ3) is 4.08. The van der Waals surface area contributed by atoms with E-state index in [4.69, 9.17) is 9.47 Å². The molecule has 0 bridgehead atoms. The van der Waals surface area contributed by atoms with Gasteiger partial charge in [-0.15, -0.1) is 11.8 Å². The predicted molar refractivity (Wildman–Crippen MR) is 89.7 cm³/mol. The second-order valence-electron chi connectivity index (χ2n) is 4.46. The second kappa shape index (κ2) is 7.84. The Morgan fingerprint density at radius 3 is 2.48 bits per heavy atom. The zero-order valence-corrected chi connectivity index (χ0v) is 13.5. The summed E-state index contributed by atoms with van der Waals surface area (Å²) in [6, 6.07) is 14.4. The van der Waals surface area contributed by atoms with Crippen molar-refractivity contribution in [2.24, 2.45) is 0 Å². The summed E-state index contributed by atoms with van der Waals surface area (Å²) in [7, 11) is 1.68. The molecule has 2 rings (SSSR count). The van der Waals surface area contributed by atoms with Crippen molar-refractivity contribution in [2.45, 2.75) is 18.4 Å². The zero-order chi connectivity index (χ0) is 15.1. The van der Waals surface area contributed by atoms with Gasteiger partial charge in [-0.3, -0.25) is 0 Å². The van der Waals surface area contributed by atoms with E-state index in [2.05, 4.69) is 35.8 Å². The molecule has 0 atom stereocenters. The van der Waals surface area contributed by atoms with Gasteiger partial charge in [-0.1, -0.05) is 12.1 Å². The van der Waals surface area contributed by atoms with E-state index in [1.54, 1.807) is 18.9 Å². The molecule has 1 N–H and O–H groups in total. The normalized spacial score (nSPS) is 10.2. The number of thioether (sulfide) groups is 1. The highest BCUT2D eigenvalue weighted by Gasteiger charge is 2.09. The SMILES string of the molecule is CCOc1cccc(CNc2ccc(SC)cc2)c1OC. The molecule has 21 heavy (non-hydrogen) atoms. The first kappa shape index (κ1) is 15.6. The van der Waals surface area contributed by atoms with E-state index in [1.807, 2.05) is 25.1 Å². The van der Waals surface area contributed by atoms with Gasteiger partial charge in [0.25, 0.3) is 0 Å². The van der Waals surface area contributed by atoms with Crippen LogP contribution in [0.5, 0.6) is 11.5 Å². The van der Waals surface area contributed by atoms with Crippen LogP contribution in [0.4, 0.5) is 5.69 Å². The summed E-state index contributed by atoms with van der Waals surface area (Å²) in [6.07, 6.45) is 2.08. The lowest BCUT2D eigenvalue weighted by atomic mass is 10.1. The highest BCUT2D eigenvalue weighted by molar-refractivity contribution is 7.98. The fourth-order valence-corrected chi connectivity index (χ4v) is 2.52. The summed E-state index contributed by atoms with van der Waals surface area (Å²) in [4.78, 5) is 1.26. The molecule has 0 saturated heterocycles. The van der Waals surface area contributed by atoms with Crippen LogP contribution in [0.25, 0.3) is 0 Å². The molecule has 0 aliphatic heterocycles. The van der Waals surface area contributed by atoms with Crippen LogP contribution in [0.2, 0.25) is 0 Å². The van der Waals surface area contributed by atoms with Crippen molar-refractivity contribution in [1.29, 1.82) is 0 Å². The summed E-state index contributed by atoms with van der Waals surface area (Å²) in [5.41, 5.74) is 2.18. The Morgan fingerprint density at radius 2 is 1.86 bits per heavy atom. The molecule has 0 heterocycles. The highest BCUT2D eigenvalue weighted by Crippen LogP contribution is 2.31. The van der Waals surface area contributed by atoms with Crippen LogP contribution in [0.3, 0.4) is 0 Å². The number of hydrogen-bond acceptors (Lipinski definition) is 4. The third-order valence-electron chi connectivity index (χ3n) is 3.14. The standard InChI is InChI=1S/C17H21NO2S/c1-4-20-16-7-5-6-13(17(16)19-2)12-18-14-8-10-15(21-3)11-9-14/h5-11,18H,4,12H2,1-3H3. The van der Waals surface area contributed by atoms with Gasteiger partial charge in [-0.05, 0) is 43.5 Å². The molecule has 0 radical (unpaired) electrons. The Labute approximate surface area is 130 Å². The van der Waals surface area contributed by atoms with Gasteiger partial charge in [0.15, 0.2) is 11.5 Å². The number of benzene rings is 2. The van der Waals surface area contributed by atoms with Crippen LogP contribution in [-0.2, 0) is 6.54 Å². The molecule has 0 spiro atoms. The molecule has 0 saturated carbocycles. The minimum absolute atomic E-state index is 0.628. The zero-order valence-electron chi connectivity index (χ0n) is 12.7. The van der Waals surface area contributed by atoms with Crippen LogP contribution in [0.1, 0.15) is 12.5 Å². The van der Waals surface area contributed by atoms with Crippen LogP contribution in [0.15, 0.2) is 47.4 Å². The molecule has 4 heteroatoms. The molecule has 2 aromatic carbocycles. The maximum atomic E-state index is 5.60. The molecular weight excluding hydrogens is 282 g/mol.